The summed E-state index contributed by atoms with van der Waals surface area (Å²) < 4.78 is 4.96. The molecule has 6 nitrogen and oxygen atoms in total. The van der Waals surface area contributed by atoms with E-state index in [-0.39, 0.29) is 16.7 Å². The van der Waals surface area contributed by atoms with Gasteiger partial charge in [0.15, 0.2) is 0 Å². The fourth-order valence-electron chi connectivity index (χ4n) is 1.41. The second-order valence-corrected chi connectivity index (χ2v) is 2.95. The molecule has 2 aromatic rings. The summed E-state index contributed by atoms with van der Waals surface area (Å²) >= 11 is 0. The predicted molar refractivity (Wildman–Crippen MR) is 53.4 cm³/mol. The van der Waals surface area contributed by atoms with Crippen molar-refractivity contribution in [2.45, 2.75) is 0 Å². The van der Waals surface area contributed by atoms with Crippen LogP contribution in [0.25, 0.3) is 10.9 Å². The Morgan fingerprint density at radius 2 is 2.00 bits per heavy atom. The van der Waals surface area contributed by atoms with Crippen LogP contribution in [-0.2, 0) is 0 Å². The van der Waals surface area contributed by atoms with Crippen molar-refractivity contribution in [3.8, 4) is 11.5 Å². The first-order chi connectivity index (χ1) is 7.13. The first kappa shape index (κ1) is 9.32. The number of methoxy groups -OCH3 is 1. The molecule has 3 N–H and O–H groups in total. The van der Waals surface area contributed by atoms with E-state index in [0.717, 1.165) is 0 Å². The van der Waals surface area contributed by atoms with E-state index in [4.69, 9.17) is 4.74 Å². The Balaban J connectivity index is 3.07. The molecule has 0 amide bonds. The van der Waals surface area contributed by atoms with Gasteiger partial charge in [-0.15, -0.1) is 0 Å². The van der Waals surface area contributed by atoms with E-state index >= 15 is 0 Å². The largest absolute Gasteiger partial charge is 0.507 e. The SMILES string of the molecule is COc1ccc(O)c2c(=O)[nH]c(=O)[nH]c12. The molecule has 6 heteroatoms. The summed E-state index contributed by atoms with van der Waals surface area (Å²) in [5, 5.41) is 9.47. The molecule has 2 rings (SSSR count). The van der Waals surface area contributed by atoms with Crippen LogP contribution in [0.1, 0.15) is 0 Å². The van der Waals surface area contributed by atoms with Gasteiger partial charge in [0.2, 0.25) is 0 Å². The Morgan fingerprint density at radius 1 is 1.27 bits per heavy atom. The molecule has 0 aliphatic heterocycles. The normalized spacial score (nSPS) is 10.5. The third-order valence-electron chi connectivity index (χ3n) is 2.06. The highest BCUT2D eigenvalue weighted by Crippen LogP contribution is 2.26. The first-order valence-electron chi connectivity index (χ1n) is 4.15. The summed E-state index contributed by atoms with van der Waals surface area (Å²) in [6.45, 7) is 0. The van der Waals surface area contributed by atoms with Gasteiger partial charge in [-0.2, -0.15) is 0 Å². The van der Waals surface area contributed by atoms with Gasteiger partial charge < -0.3 is 14.8 Å². The molecule has 1 aromatic carbocycles. The molecular weight excluding hydrogens is 200 g/mol. The zero-order valence-corrected chi connectivity index (χ0v) is 7.83. The smallest absolute Gasteiger partial charge is 0.326 e. The van der Waals surface area contributed by atoms with Crippen molar-refractivity contribution in [2.24, 2.45) is 0 Å². The molecule has 0 saturated heterocycles. The van der Waals surface area contributed by atoms with Gasteiger partial charge in [-0.3, -0.25) is 9.78 Å². The minimum atomic E-state index is -0.648. The molecule has 15 heavy (non-hydrogen) atoms. The van der Waals surface area contributed by atoms with Gasteiger partial charge >= 0.3 is 5.69 Å². The number of hydrogen-bond donors (Lipinski definition) is 3. The lowest BCUT2D eigenvalue weighted by Crippen LogP contribution is -2.22. The second-order valence-electron chi connectivity index (χ2n) is 2.95. The highest BCUT2D eigenvalue weighted by molar-refractivity contribution is 5.88. The number of fused-ring (bicyclic) bond motifs is 1. The lowest BCUT2D eigenvalue weighted by molar-refractivity contribution is 0.417. The molecule has 0 spiro atoms. The lowest BCUT2D eigenvalue weighted by Gasteiger charge is -2.04. The van der Waals surface area contributed by atoms with Crippen molar-refractivity contribution >= 4 is 10.9 Å². The van der Waals surface area contributed by atoms with E-state index in [0.29, 0.717) is 5.75 Å². The summed E-state index contributed by atoms with van der Waals surface area (Å²) in [5.74, 6) is 0.120. The molecule has 78 valence electrons. The van der Waals surface area contributed by atoms with Gasteiger partial charge in [0.25, 0.3) is 5.56 Å². The van der Waals surface area contributed by atoms with Gasteiger partial charge in [0.05, 0.1) is 7.11 Å². The average Bonchev–Trinajstić information content (AvgIpc) is 2.17. The van der Waals surface area contributed by atoms with Gasteiger partial charge in [-0.1, -0.05) is 0 Å². The van der Waals surface area contributed by atoms with Crippen LogP contribution in [0.4, 0.5) is 0 Å². The average molecular weight is 208 g/mol. The Kier molecular flexibility index (Phi) is 1.96. The van der Waals surface area contributed by atoms with Crippen molar-refractivity contribution in [1.29, 1.82) is 0 Å². The van der Waals surface area contributed by atoms with Crippen LogP contribution in [0.15, 0.2) is 21.7 Å². The predicted octanol–water partition coefficient (Wildman–Crippen LogP) is -0.0694. The number of benzene rings is 1. The number of aromatic nitrogens is 2. The molecule has 1 heterocycles. The summed E-state index contributed by atoms with van der Waals surface area (Å²) in [7, 11) is 1.41. The molecule has 0 aliphatic rings. The number of nitrogens with one attached hydrogen (secondary N) is 2. The first-order valence-corrected chi connectivity index (χ1v) is 4.15. The highest BCUT2D eigenvalue weighted by atomic mass is 16.5. The number of phenols is 1. The third-order valence-corrected chi connectivity index (χ3v) is 2.06. The molecule has 0 bridgehead atoms. The lowest BCUT2D eigenvalue weighted by atomic mass is 10.2. The van der Waals surface area contributed by atoms with E-state index in [2.05, 4.69) is 4.98 Å². The second kappa shape index (κ2) is 3.16. The van der Waals surface area contributed by atoms with Crippen LogP contribution in [0, 0.1) is 0 Å². The molecule has 0 atom stereocenters. The maximum Gasteiger partial charge on any atom is 0.326 e. The Bertz CT molecular complexity index is 626. The number of H-pyrrole nitrogens is 2. The molecule has 0 radical (unpaired) electrons. The van der Waals surface area contributed by atoms with Crippen molar-refractivity contribution in [3.05, 3.63) is 33.0 Å². The molecular formula is C9H8N2O4. The van der Waals surface area contributed by atoms with E-state index in [1.165, 1.54) is 19.2 Å². The number of aromatic amines is 2. The molecule has 0 aliphatic carbocycles. The summed E-state index contributed by atoms with van der Waals surface area (Å²) in [6.07, 6.45) is 0. The van der Waals surface area contributed by atoms with Crippen LogP contribution in [0.2, 0.25) is 0 Å². The quantitative estimate of drug-likeness (QED) is 0.611. The zero-order chi connectivity index (χ0) is 11.0. The number of hydrogen-bond acceptors (Lipinski definition) is 4. The van der Waals surface area contributed by atoms with Gasteiger partial charge in [-0.25, -0.2) is 4.79 Å². The van der Waals surface area contributed by atoms with Crippen LogP contribution in [0.3, 0.4) is 0 Å². The minimum Gasteiger partial charge on any atom is -0.507 e. The highest BCUT2D eigenvalue weighted by Gasteiger charge is 2.10. The Hall–Kier alpha value is -2.24. The number of aromatic hydroxyl groups is 1. The molecule has 0 fully saturated rings. The van der Waals surface area contributed by atoms with Crippen LogP contribution in [-0.4, -0.2) is 22.2 Å². The maximum absolute atomic E-state index is 11.4. The van der Waals surface area contributed by atoms with E-state index in [1.807, 2.05) is 4.98 Å². The summed E-state index contributed by atoms with van der Waals surface area (Å²) in [4.78, 5) is 26.9. The third kappa shape index (κ3) is 1.35. The fourth-order valence-corrected chi connectivity index (χ4v) is 1.41. The molecule has 0 unspecified atom stereocenters. The van der Waals surface area contributed by atoms with Crippen molar-refractivity contribution in [1.82, 2.24) is 9.97 Å². The Labute approximate surface area is 83.1 Å². The number of ether oxygens (including phenoxy) is 1. The van der Waals surface area contributed by atoms with Crippen molar-refractivity contribution in [2.75, 3.05) is 7.11 Å². The molecule has 0 saturated carbocycles. The van der Waals surface area contributed by atoms with Gasteiger partial charge in [-0.05, 0) is 12.1 Å². The monoisotopic (exact) mass is 208 g/mol. The number of rotatable bonds is 1. The summed E-state index contributed by atoms with van der Waals surface area (Å²) in [6, 6.07) is 2.79. The van der Waals surface area contributed by atoms with Crippen molar-refractivity contribution < 1.29 is 9.84 Å². The fraction of sp³-hybridized carbons (Fsp3) is 0.111. The minimum absolute atomic E-state index is 0.00829. The van der Waals surface area contributed by atoms with E-state index < -0.39 is 11.2 Å². The summed E-state index contributed by atoms with van der Waals surface area (Å²) in [5.41, 5.74) is -1.10. The standard InChI is InChI=1S/C9H8N2O4/c1-15-5-3-2-4(12)6-7(5)10-9(14)11-8(6)13/h2-3,12H,1H3,(H2,10,11,13,14). The van der Waals surface area contributed by atoms with Gasteiger partial charge in [0, 0.05) is 0 Å². The zero-order valence-electron chi connectivity index (χ0n) is 7.83. The molecule has 1 aromatic heterocycles. The van der Waals surface area contributed by atoms with Crippen LogP contribution >= 0.6 is 0 Å². The topological polar surface area (TPSA) is 95.2 Å². The van der Waals surface area contributed by atoms with Crippen LogP contribution < -0.4 is 16.0 Å². The number of phenolic OH excluding ortho intramolecular Hbond substituents is 1. The van der Waals surface area contributed by atoms with E-state index in [1.54, 1.807) is 0 Å². The Morgan fingerprint density at radius 3 is 2.67 bits per heavy atom. The van der Waals surface area contributed by atoms with Gasteiger partial charge in [0.1, 0.15) is 22.4 Å². The maximum atomic E-state index is 11.4. The van der Waals surface area contributed by atoms with E-state index in [9.17, 15) is 14.7 Å². The van der Waals surface area contributed by atoms with Crippen molar-refractivity contribution in [3.63, 3.8) is 0 Å². The van der Waals surface area contributed by atoms with Crippen LogP contribution in [0.5, 0.6) is 11.5 Å².